The number of hydrogen-bond acceptors (Lipinski definition) is 3. The summed E-state index contributed by atoms with van der Waals surface area (Å²) in [6, 6.07) is 8.35. The van der Waals surface area contributed by atoms with Crippen LogP contribution in [0.2, 0.25) is 0 Å². The molecule has 0 aliphatic carbocycles. The van der Waals surface area contributed by atoms with Crippen molar-refractivity contribution in [3.63, 3.8) is 0 Å². The summed E-state index contributed by atoms with van der Waals surface area (Å²) in [4.78, 5) is 8.77. The average Bonchev–Trinajstić information content (AvgIpc) is 2.35. The minimum atomic E-state index is 0.798. The molecule has 88 valence electrons. The Morgan fingerprint density at radius 1 is 1.12 bits per heavy atom. The Morgan fingerprint density at radius 2 is 1.82 bits per heavy atom. The lowest BCUT2D eigenvalue weighted by molar-refractivity contribution is 0.798. The van der Waals surface area contributed by atoms with Gasteiger partial charge in [0.25, 0.3) is 0 Å². The fraction of sp³-hybridized carbons (Fsp3) is 0.286. The van der Waals surface area contributed by atoms with Gasteiger partial charge in [0.2, 0.25) is 0 Å². The molecule has 3 heteroatoms. The summed E-state index contributed by atoms with van der Waals surface area (Å²) < 4.78 is 0. The van der Waals surface area contributed by atoms with E-state index in [-0.39, 0.29) is 0 Å². The second-order valence-corrected chi connectivity index (χ2v) is 4.14. The highest BCUT2D eigenvalue weighted by molar-refractivity contribution is 5.28. The van der Waals surface area contributed by atoms with Crippen molar-refractivity contribution in [2.24, 2.45) is 0 Å². The van der Waals surface area contributed by atoms with E-state index in [4.69, 9.17) is 0 Å². The Kier molecular flexibility index (Phi) is 3.83. The second-order valence-electron chi connectivity index (χ2n) is 4.14. The summed E-state index contributed by atoms with van der Waals surface area (Å²) in [7, 11) is 1.92. The van der Waals surface area contributed by atoms with Crippen LogP contribution < -0.4 is 5.32 Å². The molecule has 0 spiro atoms. The topological polar surface area (TPSA) is 37.8 Å². The molecule has 0 unspecified atom stereocenters. The first-order valence-corrected chi connectivity index (χ1v) is 5.78. The van der Waals surface area contributed by atoms with E-state index in [1.54, 1.807) is 0 Å². The highest BCUT2D eigenvalue weighted by atomic mass is 14.9. The molecule has 1 N–H and O–H groups in total. The largest absolute Gasteiger partial charge is 0.316 e. The van der Waals surface area contributed by atoms with E-state index in [0.29, 0.717) is 0 Å². The van der Waals surface area contributed by atoms with Crippen LogP contribution in [0.1, 0.15) is 22.5 Å². The molecule has 2 rings (SSSR count). The standard InChI is InChI=1S/C14H17N3/c1-11-5-3-4-6-13(11)7-14-16-9-12(8-15-2)10-17-14/h3-6,9-10,15H,7-8H2,1-2H3. The summed E-state index contributed by atoms with van der Waals surface area (Å²) in [5.41, 5.74) is 3.69. The fourth-order valence-electron chi connectivity index (χ4n) is 1.75. The maximum Gasteiger partial charge on any atom is 0.132 e. The van der Waals surface area contributed by atoms with Gasteiger partial charge in [-0.1, -0.05) is 24.3 Å². The minimum absolute atomic E-state index is 0.798. The van der Waals surface area contributed by atoms with Crippen LogP contribution >= 0.6 is 0 Å². The molecule has 0 radical (unpaired) electrons. The maximum atomic E-state index is 4.38. The first-order chi connectivity index (χ1) is 8.29. The van der Waals surface area contributed by atoms with Gasteiger partial charge < -0.3 is 5.32 Å². The van der Waals surface area contributed by atoms with E-state index < -0.39 is 0 Å². The van der Waals surface area contributed by atoms with E-state index >= 15 is 0 Å². The normalized spacial score (nSPS) is 10.5. The van der Waals surface area contributed by atoms with Crippen LogP contribution in [0, 0.1) is 6.92 Å². The van der Waals surface area contributed by atoms with Crippen molar-refractivity contribution in [2.75, 3.05) is 7.05 Å². The number of hydrogen-bond donors (Lipinski definition) is 1. The Hall–Kier alpha value is -1.74. The molecule has 1 aromatic carbocycles. The number of rotatable bonds is 4. The third-order valence-electron chi connectivity index (χ3n) is 2.75. The number of aromatic nitrogens is 2. The van der Waals surface area contributed by atoms with Gasteiger partial charge in [0.05, 0.1) is 0 Å². The van der Waals surface area contributed by atoms with Crippen LogP contribution in [0.4, 0.5) is 0 Å². The monoisotopic (exact) mass is 227 g/mol. The molecular formula is C14H17N3. The lowest BCUT2D eigenvalue weighted by Gasteiger charge is -2.05. The van der Waals surface area contributed by atoms with Gasteiger partial charge in [-0.3, -0.25) is 0 Å². The molecule has 3 nitrogen and oxygen atoms in total. The van der Waals surface area contributed by atoms with Crippen LogP contribution in [0.25, 0.3) is 0 Å². The molecule has 0 aliphatic rings. The van der Waals surface area contributed by atoms with Crippen molar-refractivity contribution < 1.29 is 0 Å². The Bertz CT molecular complexity index is 477. The number of nitrogens with one attached hydrogen (secondary N) is 1. The first kappa shape index (κ1) is 11.7. The van der Waals surface area contributed by atoms with E-state index in [2.05, 4.69) is 46.5 Å². The third kappa shape index (κ3) is 3.11. The summed E-state index contributed by atoms with van der Waals surface area (Å²) in [5.74, 6) is 0.874. The molecule has 0 fully saturated rings. The van der Waals surface area contributed by atoms with Crippen LogP contribution in [-0.2, 0) is 13.0 Å². The molecule has 2 aromatic rings. The molecule has 17 heavy (non-hydrogen) atoms. The molecule has 0 saturated heterocycles. The third-order valence-corrected chi connectivity index (χ3v) is 2.75. The van der Waals surface area contributed by atoms with Gasteiger partial charge in [-0.05, 0) is 25.1 Å². The predicted octanol–water partition coefficient (Wildman–Crippen LogP) is 2.10. The van der Waals surface area contributed by atoms with Crippen molar-refractivity contribution in [3.05, 3.63) is 59.2 Å². The molecule has 0 saturated carbocycles. The maximum absolute atomic E-state index is 4.38. The summed E-state index contributed by atoms with van der Waals surface area (Å²) in [5, 5.41) is 3.08. The lowest BCUT2D eigenvalue weighted by Crippen LogP contribution is -2.07. The Balaban J connectivity index is 2.11. The van der Waals surface area contributed by atoms with Gasteiger partial charge >= 0.3 is 0 Å². The van der Waals surface area contributed by atoms with Gasteiger partial charge in [0.15, 0.2) is 0 Å². The van der Waals surface area contributed by atoms with Gasteiger partial charge in [-0.15, -0.1) is 0 Å². The number of nitrogens with zero attached hydrogens (tertiary/aromatic N) is 2. The zero-order chi connectivity index (χ0) is 12.1. The zero-order valence-corrected chi connectivity index (χ0v) is 10.3. The van der Waals surface area contributed by atoms with Crippen LogP contribution in [0.5, 0.6) is 0 Å². The number of benzene rings is 1. The SMILES string of the molecule is CNCc1cnc(Cc2ccccc2C)nc1. The predicted molar refractivity (Wildman–Crippen MR) is 68.8 cm³/mol. The van der Waals surface area contributed by atoms with Gasteiger partial charge in [0.1, 0.15) is 5.82 Å². The summed E-state index contributed by atoms with van der Waals surface area (Å²) in [6.07, 6.45) is 4.57. The van der Waals surface area contributed by atoms with Crippen LogP contribution in [-0.4, -0.2) is 17.0 Å². The second kappa shape index (κ2) is 5.55. The van der Waals surface area contributed by atoms with E-state index in [1.165, 1.54) is 11.1 Å². The quantitative estimate of drug-likeness (QED) is 0.869. The number of aryl methyl sites for hydroxylation is 1. The lowest BCUT2D eigenvalue weighted by atomic mass is 10.1. The van der Waals surface area contributed by atoms with Crippen molar-refractivity contribution in [3.8, 4) is 0 Å². The Morgan fingerprint density at radius 3 is 2.47 bits per heavy atom. The van der Waals surface area contributed by atoms with Crippen molar-refractivity contribution in [2.45, 2.75) is 19.9 Å². The average molecular weight is 227 g/mol. The van der Waals surface area contributed by atoms with Gasteiger partial charge in [-0.25, -0.2) is 9.97 Å². The van der Waals surface area contributed by atoms with E-state index in [0.717, 1.165) is 24.4 Å². The van der Waals surface area contributed by atoms with Crippen molar-refractivity contribution >= 4 is 0 Å². The van der Waals surface area contributed by atoms with Crippen molar-refractivity contribution in [1.29, 1.82) is 0 Å². The molecule has 1 heterocycles. The highest BCUT2D eigenvalue weighted by Crippen LogP contribution is 2.10. The summed E-state index contributed by atoms with van der Waals surface area (Å²) >= 11 is 0. The molecule has 0 bridgehead atoms. The van der Waals surface area contributed by atoms with Crippen LogP contribution in [0.3, 0.4) is 0 Å². The van der Waals surface area contributed by atoms with Gasteiger partial charge in [0, 0.05) is 30.9 Å². The smallest absolute Gasteiger partial charge is 0.132 e. The highest BCUT2D eigenvalue weighted by Gasteiger charge is 2.02. The van der Waals surface area contributed by atoms with E-state index in [1.807, 2.05) is 19.4 Å². The minimum Gasteiger partial charge on any atom is -0.316 e. The zero-order valence-electron chi connectivity index (χ0n) is 10.3. The fourth-order valence-corrected chi connectivity index (χ4v) is 1.75. The summed E-state index contributed by atoms with van der Waals surface area (Å²) in [6.45, 7) is 2.93. The molecule has 0 aliphatic heterocycles. The van der Waals surface area contributed by atoms with E-state index in [9.17, 15) is 0 Å². The molecule has 0 amide bonds. The first-order valence-electron chi connectivity index (χ1n) is 5.78. The van der Waals surface area contributed by atoms with Crippen molar-refractivity contribution in [1.82, 2.24) is 15.3 Å². The molecular weight excluding hydrogens is 210 g/mol. The molecule has 1 aromatic heterocycles. The van der Waals surface area contributed by atoms with Gasteiger partial charge in [-0.2, -0.15) is 0 Å². The van der Waals surface area contributed by atoms with Crippen LogP contribution in [0.15, 0.2) is 36.7 Å². The Labute approximate surface area is 102 Å². The molecule has 0 atom stereocenters.